The van der Waals surface area contributed by atoms with E-state index in [1.165, 1.54) is 37.5 Å². The molecule has 2 aromatic carbocycles. The smallest absolute Gasteiger partial charge is 0.441 e. The molecule has 15 heteroatoms. The van der Waals surface area contributed by atoms with Crippen LogP contribution in [0.2, 0.25) is 0 Å². The number of carbonyl (C=O) groups excluding carboxylic acids is 1. The number of nitrogens with one attached hydrogen (secondary N) is 1. The molecule has 2 aliphatic rings. The molecule has 2 aliphatic heterocycles. The largest absolute Gasteiger partial charge is 0.493 e. The number of thioether (sulfide) groups is 1. The summed E-state index contributed by atoms with van der Waals surface area (Å²) < 4.78 is 75.4. The maximum Gasteiger partial charge on any atom is 0.441 e. The van der Waals surface area contributed by atoms with Crippen LogP contribution in [0.25, 0.3) is 6.08 Å². The number of fused-ring (bicyclic) bond motifs is 1. The normalized spacial score (nSPS) is 17.2. The van der Waals surface area contributed by atoms with Gasteiger partial charge in [-0.05, 0) is 77.2 Å². The zero-order valence-corrected chi connectivity index (χ0v) is 22.0. The van der Waals surface area contributed by atoms with Gasteiger partial charge in [-0.2, -0.15) is 36.7 Å². The van der Waals surface area contributed by atoms with E-state index in [-0.39, 0.29) is 44.5 Å². The van der Waals surface area contributed by atoms with E-state index >= 15 is 0 Å². The maximum absolute atomic E-state index is 13.0. The third kappa shape index (κ3) is 5.12. The summed E-state index contributed by atoms with van der Waals surface area (Å²) in [6.07, 6.45) is -3.53. The zero-order valence-electron chi connectivity index (χ0n) is 18.3. The van der Waals surface area contributed by atoms with E-state index in [9.17, 15) is 26.4 Å². The number of carbonyl (C=O) groups is 1. The maximum atomic E-state index is 13.0. The van der Waals surface area contributed by atoms with E-state index in [0.717, 1.165) is 5.56 Å². The van der Waals surface area contributed by atoms with Crippen molar-refractivity contribution in [1.82, 2.24) is 5.01 Å². The topological polar surface area (TPSA) is 121 Å². The van der Waals surface area contributed by atoms with Crippen molar-refractivity contribution in [3.8, 4) is 11.5 Å². The predicted octanol–water partition coefficient (Wildman–Crippen LogP) is 4.56. The molecule has 0 spiro atoms. The molecule has 36 heavy (non-hydrogen) atoms. The van der Waals surface area contributed by atoms with Crippen LogP contribution >= 0.6 is 34.4 Å². The minimum Gasteiger partial charge on any atom is -0.493 e. The fourth-order valence-electron chi connectivity index (χ4n) is 3.04. The highest BCUT2D eigenvalue weighted by atomic mass is 127. The Labute approximate surface area is 220 Å². The molecule has 2 heterocycles. The molecule has 4 rings (SSSR count). The van der Waals surface area contributed by atoms with Gasteiger partial charge in [0.2, 0.25) is 10.2 Å². The number of halogens is 4. The first-order valence-electron chi connectivity index (χ1n) is 9.76. The first-order chi connectivity index (χ1) is 16.8. The van der Waals surface area contributed by atoms with Crippen molar-refractivity contribution in [3.05, 3.63) is 56.7 Å². The molecule has 0 aromatic heterocycles. The molecule has 0 aliphatic carbocycles. The van der Waals surface area contributed by atoms with Crippen molar-refractivity contribution in [2.24, 2.45) is 10.1 Å². The second-order valence-corrected chi connectivity index (χ2v) is 11.0. The third-order valence-electron chi connectivity index (χ3n) is 4.76. The Bertz CT molecular complexity index is 1490. The van der Waals surface area contributed by atoms with Gasteiger partial charge in [0.05, 0.1) is 16.3 Å². The Morgan fingerprint density at radius 3 is 2.47 bits per heavy atom. The lowest BCUT2D eigenvalue weighted by Crippen LogP contribution is -2.35. The summed E-state index contributed by atoms with van der Waals surface area (Å²) in [5.41, 5.74) is 0.839. The molecular formula is C21H14F3IN4O5S2. The van der Waals surface area contributed by atoms with Gasteiger partial charge in [0.25, 0.3) is 5.91 Å². The van der Waals surface area contributed by atoms with Crippen molar-refractivity contribution in [3.63, 3.8) is 0 Å². The quantitative estimate of drug-likeness (QED) is 0.286. The molecule has 9 nitrogen and oxygen atoms in total. The Morgan fingerprint density at radius 1 is 1.19 bits per heavy atom. The minimum atomic E-state index is -4.75. The number of aliphatic imine (C=N–C) groups is 1. The molecule has 188 valence electrons. The summed E-state index contributed by atoms with van der Waals surface area (Å²) in [4.78, 5) is 16.0. The highest BCUT2D eigenvalue weighted by Gasteiger charge is 2.46. The van der Waals surface area contributed by atoms with E-state index in [0.29, 0.717) is 8.58 Å². The number of ether oxygens (including phenoxy) is 1. The summed E-state index contributed by atoms with van der Waals surface area (Å²) in [7, 11) is -2.91. The Balaban J connectivity index is 1.68. The molecule has 0 atom stereocenters. The van der Waals surface area contributed by atoms with Gasteiger partial charge in [-0.1, -0.05) is 17.7 Å². The lowest BCUT2D eigenvalue weighted by molar-refractivity contribution is -0.114. The number of methoxy groups -OCH3 is 1. The van der Waals surface area contributed by atoms with Crippen LogP contribution in [0.4, 0.5) is 13.2 Å². The molecule has 0 radical (unpaired) electrons. The van der Waals surface area contributed by atoms with Crippen molar-refractivity contribution >= 4 is 72.5 Å². The number of amides is 1. The second-order valence-electron chi connectivity index (χ2n) is 7.31. The van der Waals surface area contributed by atoms with Crippen molar-refractivity contribution in [2.75, 3.05) is 7.11 Å². The van der Waals surface area contributed by atoms with E-state index in [1.807, 2.05) is 29.5 Å². The monoisotopic (exact) mass is 650 g/mol. The van der Waals surface area contributed by atoms with E-state index in [1.54, 1.807) is 12.1 Å². The molecule has 1 N–H and O–H groups in total. The number of aryl methyl sites for hydroxylation is 1. The summed E-state index contributed by atoms with van der Waals surface area (Å²) in [5, 5.41) is 10.6. The lowest BCUT2D eigenvalue weighted by atomic mass is 10.1. The zero-order chi connectivity index (χ0) is 26.4. The number of hydrogen-bond donors (Lipinski definition) is 1. The van der Waals surface area contributed by atoms with Crippen LogP contribution in [0.3, 0.4) is 0 Å². The fourth-order valence-corrected chi connectivity index (χ4v) is 5.64. The van der Waals surface area contributed by atoms with Gasteiger partial charge in [-0.25, -0.2) is 0 Å². The van der Waals surface area contributed by atoms with E-state index in [4.69, 9.17) is 14.3 Å². The van der Waals surface area contributed by atoms with Gasteiger partial charge in [0.1, 0.15) is 4.90 Å². The number of alkyl halides is 3. The van der Waals surface area contributed by atoms with Crippen LogP contribution in [0.1, 0.15) is 11.1 Å². The Kier molecular flexibility index (Phi) is 6.91. The molecule has 0 saturated heterocycles. The molecule has 1 amide bonds. The molecule has 2 aromatic rings. The molecule has 0 saturated carbocycles. The van der Waals surface area contributed by atoms with Crippen molar-refractivity contribution < 1.29 is 35.3 Å². The summed E-state index contributed by atoms with van der Waals surface area (Å²) in [6.45, 7) is 1.81. The second kappa shape index (κ2) is 9.51. The first-order valence-corrected chi connectivity index (χ1v) is 13.1. The summed E-state index contributed by atoms with van der Waals surface area (Å²) >= 11 is 1.96. The number of hydrazone groups is 1. The van der Waals surface area contributed by atoms with Crippen LogP contribution in [0, 0.1) is 15.9 Å². The number of amidine groups is 2. The van der Waals surface area contributed by atoms with E-state index < -0.39 is 33.1 Å². The number of nitrogens with zero attached hydrogens (tertiary/aromatic N) is 3. The van der Waals surface area contributed by atoms with Crippen LogP contribution in [-0.4, -0.2) is 48.7 Å². The highest BCUT2D eigenvalue weighted by molar-refractivity contribution is 14.1. The standard InChI is InChI=1S/C21H14F3IN4O5S2/c1-10-3-5-12(6-4-10)36(31,32)34-16-14(25)8-11(9-15(16)33-2)7-13-17(26)29-20(27-18(13)30)35-19(28-29)21(22,23)24/h3-9,26H,1-2H3. The van der Waals surface area contributed by atoms with Gasteiger partial charge in [-0.3, -0.25) is 10.2 Å². The SMILES string of the molecule is COc1cc(C=C2C(=N)N3N=C(C(F)(F)F)SC3=NC2=O)cc(I)c1OS(=O)(=O)c1ccc(C)cc1. The van der Waals surface area contributed by atoms with E-state index in [2.05, 4.69) is 10.1 Å². The van der Waals surface area contributed by atoms with Gasteiger partial charge in [0.15, 0.2) is 17.3 Å². The van der Waals surface area contributed by atoms with Crippen molar-refractivity contribution in [2.45, 2.75) is 18.0 Å². The van der Waals surface area contributed by atoms with Crippen LogP contribution in [0.5, 0.6) is 11.5 Å². The fraction of sp³-hybridized carbons (Fsp3) is 0.143. The lowest BCUT2D eigenvalue weighted by Gasteiger charge is -2.20. The average Bonchev–Trinajstić information content (AvgIpc) is 3.23. The Hall–Kier alpha value is -2.92. The highest BCUT2D eigenvalue weighted by Crippen LogP contribution is 2.38. The van der Waals surface area contributed by atoms with Crippen LogP contribution in [0.15, 0.2) is 57.0 Å². The van der Waals surface area contributed by atoms with Gasteiger partial charge >= 0.3 is 16.3 Å². The van der Waals surface area contributed by atoms with Crippen molar-refractivity contribution in [1.29, 1.82) is 5.41 Å². The number of rotatable bonds is 5. The molecule has 0 fully saturated rings. The average molecular weight is 650 g/mol. The van der Waals surface area contributed by atoms with Crippen LogP contribution in [-0.2, 0) is 14.9 Å². The van der Waals surface area contributed by atoms with Crippen LogP contribution < -0.4 is 8.92 Å². The van der Waals surface area contributed by atoms with Gasteiger partial charge < -0.3 is 8.92 Å². The number of hydrogen-bond acceptors (Lipinski definition) is 8. The predicted molar refractivity (Wildman–Crippen MR) is 136 cm³/mol. The van der Waals surface area contributed by atoms with Gasteiger partial charge in [-0.15, -0.1) is 0 Å². The molecule has 0 bridgehead atoms. The third-order valence-corrected chi connectivity index (χ3v) is 7.75. The summed E-state index contributed by atoms with van der Waals surface area (Å²) in [6, 6.07) is 8.87. The minimum absolute atomic E-state index is 0.0116. The Morgan fingerprint density at radius 2 is 1.86 bits per heavy atom. The molecule has 0 unspecified atom stereocenters. The molecular weight excluding hydrogens is 636 g/mol. The summed E-state index contributed by atoms with van der Waals surface area (Å²) in [5.74, 6) is -1.60. The number of benzene rings is 2. The first kappa shape index (κ1) is 26.2. The van der Waals surface area contributed by atoms with Gasteiger partial charge in [0, 0.05) is 0 Å².